The summed E-state index contributed by atoms with van der Waals surface area (Å²) in [6.45, 7) is 7.96. The summed E-state index contributed by atoms with van der Waals surface area (Å²) in [5, 5.41) is 0. The van der Waals surface area contributed by atoms with Crippen molar-refractivity contribution in [3.05, 3.63) is 0 Å². The average Bonchev–Trinajstić information content (AvgIpc) is 2.36. The highest BCUT2D eigenvalue weighted by atomic mass is 16.6. The van der Waals surface area contributed by atoms with E-state index in [2.05, 4.69) is 26.3 Å². The predicted molar refractivity (Wildman–Crippen MR) is 47.7 cm³/mol. The zero-order chi connectivity index (χ0) is 8.97. The summed E-state index contributed by atoms with van der Waals surface area (Å²) >= 11 is 0. The summed E-state index contributed by atoms with van der Waals surface area (Å²) in [6.07, 6.45) is 1.34. The first-order valence-corrected chi connectivity index (χ1v) is 4.69. The maximum absolute atomic E-state index is 5.38. The van der Waals surface area contributed by atoms with Crippen molar-refractivity contribution >= 4 is 0 Å². The van der Waals surface area contributed by atoms with Gasteiger partial charge in [-0.15, -0.1) is 0 Å². The third-order valence-corrected chi connectivity index (χ3v) is 2.03. The fourth-order valence-electron chi connectivity index (χ4n) is 1.21. The standard InChI is InChI=1S/C9H19NO2/c1-7(2)6-12-10-9-4-5-11-8(9)3/h7-10H,4-6H2,1-3H3. The lowest BCUT2D eigenvalue weighted by Crippen LogP contribution is -2.35. The van der Waals surface area contributed by atoms with Crippen molar-refractivity contribution in [2.24, 2.45) is 5.92 Å². The molecular formula is C9H19NO2. The normalized spacial score (nSPS) is 30.0. The third kappa shape index (κ3) is 3.09. The minimum atomic E-state index is 0.289. The van der Waals surface area contributed by atoms with Crippen LogP contribution in [0.2, 0.25) is 0 Å². The summed E-state index contributed by atoms with van der Waals surface area (Å²) in [5.41, 5.74) is 3.04. The molecule has 12 heavy (non-hydrogen) atoms. The molecule has 0 aromatic heterocycles. The number of hydrogen-bond donors (Lipinski definition) is 1. The first-order chi connectivity index (χ1) is 5.70. The van der Waals surface area contributed by atoms with Crippen LogP contribution in [0.25, 0.3) is 0 Å². The Hall–Kier alpha value is -0.120. The van der Waals surface area contributed by atoms with Crippen LogP contribution in [0, 0.1) is 5.92 Å². The zero-order valence-electron chi connectivity index (χ0n) is 8.17. The van der Waals surface area contributed by atoms with Crippen LogP contribution in [-0.4, -0.2) is 25.4 Å². The van der Waals surface area contributed by atoms with Crippen molar-refractivity contribution in [3.8, 4) is 0 Å². The molecule has 3 heteroatoms. The number of hydrogen-bond acceptors (Lipinski definition) is 3. The molecule has 0 aliphatic carbocycles. The number of rotatable bonds is 4. The van der Waals surface area contributed by atoms with Gasteiger partial charge in [0.05, 0.1) is 18.8 Å². The summed E-state index contributed by atoms with van der Waals surface area (Å²) in [6, 6.07) is 0.378. The molecule has 2 atom stereocenters. The molecule has 72 valence electrons. The molecule has 2 unspecified atom stereocenters. The minimum Gasteiger partial charge on any atom is -0.377 e. The minimum absolute atomic E-state index is 0.289. The van der Waals surface area contributed by atoms with Crippen LogP contribution in [0.15, 0.2) is 0 Å². The molecule has 0 saturated carbocycles. The van der Waals surface area contributed by atoms with E-state index >= 15 is 0 Å². The molecule has 0 bridgehead atoms. The Morgan fingerprint density at radius 1 is 1.58 bits per heavy atom. The maximum Gasteiger partial charge on any atom is 0.0723 e. The Morgan fingerprint density at radius 2 is 2.33 bits per heavy atom. The van der Waals surface area contributed by atoms with Crippen LogP contribution in [0.1, 0.15) is 27.2 Å². The summed E-state index contributed by atoms with van der Waals surface area (Å²) in [4.78, 5) is 5.32. The van der Waals surface area contributed by atoms with Gasteiger partial charge in [-0.25, -0.2) is 0 Å². The molecule has 0 aromatic rings. The van der Waals surface area contributed by atoms with Crippen molar-refractivity contribution in [1.29, 1.82) is 0 Å². The van der Waals surface area contributed by atoms with Crippen molar-refractivity contribution in [2.75, 3.05) is 13.2 Å². The Bertz CT molecular complexity index is 128. The van der Waals surface area contributed by atoms with Crippen molar-refractivity contribution in [2.45, 2.75) is 39.3 Å². The van der Waals surface area contributed by atoms with Crippen LogP contribution in [0.3, 0.4) is 0 Å². The molecule has 1 rings (SSSR count). The fourth-order valence-corrected chi connectivity index (χ4v) is 1.21. The monoisotopic (exact) mass is 173 g/mol. The smallest absolute Gasteiger partial charge is 0.0723 e. The van der Waals surface area contributed by atoms with E-state index in [1.54, 1.807) is 0 Å². The van der Waals surface area contributed by atoms with Crippen LogP contribution < -0.4 is 5.48 Å². The number of hydroxylamine groups is 1. The molecule has 1 N–H and O–H groups in total. The van der Waals surface area contributed by atoms with Crippen molar-refractivity contribution in [1.82, 2.24) is 5.48 Å². The second-order valence-corrected chi connectivity index (χ2v) is 3.79. The SMILES string of the molecule is CC(C)CONC1CCOC1C. The van der Waals surface area contributed by atoms with Gasteiger partial charge in [0.25, 0.3) is 0 Å². The van der Waals surface area contributed by atoms with Gasteiger partial charge in [-0.05, 0) is 19.3 Å². The Balaban J connectivity index is 2.06. The van der Waals surface area contributed by atoms with Gasteiger partial charge in [0, 0.05) is 6.61 Å². The highest BCUT2D eigenvalue weighted by Gasteiger charge is 2.23. The Labute approximate surface area is 74.4 Å². The molecule has 0 aromatic carbocycles. The van der Waals surface area contributed by atoms with E-state index in [9.17, 15) is 0 Å². The summed E-state index contributed by atoms with van der Waals surface area (Å²) < 4.78 is 5.38. The highest BCUT2D eigenvalue weighted by molar-refractivity contribution is 4.75. The van der Waals surface area contributed by atoms with Crippen LogP contribution in [0.5, 0.6) is 0 Å². The van der Waals surface area contributed by atoms with E-state index < -0.39 is 0 Å². The molecule has 1 aliphatic rings. The number of ether oxygens (including phenoxy) is 1. The lowest BCUT2D eigenvalue weighted by atomic mass is 10.2. The zero-order valence-corrected chi connectivity index (χ0v) is 8.17. The van der Waals surface area contributed by atoms with Crippen LogP contribution in [-0.2, 0) is 9.57 Å². The van der Waals surface area contributed by atoms with E-state index in [-0.39, 0.29) is 6.10 Å². The topological polar surface area (TPSA) is 30.5 Å². The maximum atomic E-state index is 5.38. The van der Waals surface area contributed by atoms with E-state index in [1.165, 1.54) is 0 Å². The van der Waals surface area contributed by atoms with E-state index in [0.29, 0.717) is 12.0 Å². The van der Waals surface area contributed by atoms with Crippen molar-refractivity contribution < 1.29 is 9.57 Å². The molecule has 1 aliphatic heterocycles. The van der Waals surface area contributed by atoms with Crippen LogP contribution in [0.4, 0.5) is 0 Å². The van der Waals surface area contributed by atoms with E-state index in [4.69, 9.17) is 9.57 Å². The quantitative estimate of drug-likeness (QED) is 0.651. The van der Waals surface area contributed by atoms with Gasteiger partial charge in [0.15, 0.2) is 0 Å². The molecule has 1 fully saturated rings. The number of nitrogens with one attached hydrogen (secondary N) is 1. The van der Waals surface area contributed by atoms with E-state index in [0.717, 1.165) is 19.6 Å². The second kappa shape index (κ2) is 4.80. The van der Waals surface area contributed by atoms with Gasteiger partial charge >= 0.3 is 0 Å². The van der Waals surface area contributed by atoms with Gasteiger partial charge in [-0.2, -0.15) is 5.48 Å². The predicted octanol–water partition coefficient (Wildman–Crippen LogP) is 1.34. The fraction of sp³-hybridized carbons (Fsp3) is 1.00. The summed E-state index contributed by atoms with van der Waals surface area (Å²) in [7, 11) is 0. The average molecular weight is 173 g/mol. The lowest BCUT2D eigenvalue weighted by molar-refractivity contribution is -0.0157. The molecule has 0 radical (unpaired) electrons. The van der Waals surface area contributed by atoms with Gasteiger partial charge in [0.1, 0.15) is 0 Å². The molecule has 1 saturated heterocycles. The highest BCUT2D eigenvalue weighted by Crippen LogP contribution is 2.12. The van der Waals surface area contributed by atoms with Crippen molar-refractivity contribution in [3.63, 3.8) is 0 Å². The summed E-state index contributed by atoms with van der Waals surface area (Å²) in [5.74, 6) is 0.579. The van der Waals surface area contributed by atoms with Gasteiger partial charge in [-0.3, -0.25) is 0 Å². The molecule has 3 nitrogen and oxygen atoms in total. The molecular weight excluding hydrogens is 154 g/mol. The second-order valence-electron chi connectivity index (χ2n) is 3.79. The largest absolute Gasteiger partial charge is 0.377 e. The molecule has 0 amide bonds. The van der Waals surface area contributed by atoms with Crippen LogP contribution >= 0.6 is 0 Å². The third-order valence-electron chi connectivity index (χ3n) is 2.03. The first-order valence-electron chi connectivity index (χ1n) is 4.69. The first kappa shape index (κ1) is 9.96. The Kier molecular flexibility index (Phi) is 3.98. The molecule has 1 heterocycles. The lowest BCUT2D eigenvalue weighted by Gasteiger charge is -2.16. The van der Waals surface area contributed by atoms with Gasteiger partial charge in [0.2, 0.25) is 0 Å². The van der Waals surface area contributed by atoms with Gasteiger partial charge < -0.3 is 9.57 Å². The molecule has 0 spiro atoms. The van der Waals surface area contributed by atoms with Gasteiger partial charge in [-0.1, -0.05) is 13.8 Å². The van der Waals surface area contributed by atoms with E-state index in [1.807, 2.05) is 0 Å². The Morgan fingerprint density at radius 3 is 2.83 bits per heavy atom.